The zero-order valence-corrected chi connectivity index (χ0v) is 14.0. The standard InChI is InChI=1S/C19H14BrNO2/c1-10-2-3-11-4-7-15(21-16(11)8-10)17-18(22)13-6-5-12(20)9-14(13)19(17)23/h2-9,17-18,22H,1H3. The molecule has 4 rings (SSSR count). The van der Waals surface area contributed by atoms with Crippen LogP contribution in [0.4, 0.5) is 0 Å². The number of aliphatic hydroxyl groups is 1. The molecule has 0 bridgehead atoms. The maximum absolute atomic E-state index is 12.7. The van der Waals surface area contributed by atoms with E-state index in [1.54, 1.807) is 12.1 Å². The van der Waals surface area contributed by atoms with Crippen molar-refractivity contribution in [3.05, 3.63) is 75.4 Å². The van der Waals surface area contributed by atoms with Crippen LogP contribution in [0.25, 0.3) is 10.9 Å². The van der Waals surface area contributed by atoms with Crippen molar-refractivity contribution >= 4 is 32.6 Å². The molecular weight excluding hydrogens is 354 g/mol. The fraction of sp³-hybridized carbons (Fsp3) is 0.158. The smallest absolute Gasteiger partial charge is 0.175 e. The molecule has 1 heterocycles. The molecule has 0 saturated heterocycles. The number of rotatable bonds is 1. The number of carbonyl (C=O) groups excluding carboxylic acids is 1. The summed E-state index contributed by atoms with van der Waals surface area (Å²) in [5.41, 5.74) is 3.83. The number of aliphatic hydroxyl groups excluding tert-OH is 1. The Labute approximate surface area is 142 Å². The second kappa shape index (κ2) is 5.25. The van der Waals surface area contributed by atoms with Crippen LogP contribution in [0, 0.1) is 6.92 Å². The molecule has 0 amide bonds. The first-order chi connectivity index (χ1) is 11.0. The number of ketones is 1. The van der Waals surface area contributed by atoms with Gasteiger partial charge >= 0.3 is 0 Å². The highest BCUT2D eigenvalue weighted by molar-refractivity contribution is 9.10. The molecule has 2 atom stereocenters. The number of hydrogen-bond acceptors (Lipinski definition) is 3. The molecule has 3 aromatic rings. The molecule has 0 saturated carbocycles. The summed E-state index contributed by atoms with van der Waals surface area (Å²) in [6.07, 6.45) is -0.847. The molecular formula is C19H14BrNO2. The molecule has 0 aliphatic heterocycles. The van der Waals surface area contributed by atoms with Crippen molar-refractivity contribution in [3.63, 3.8) is 0 Å². The molecule has 4 heteroatoms. The van der Waals surface area contributed by atoms with Crippen LogP contribution in [0.5, 0.6) is 0 Å². The van der Waals surface area contributed by atoms with Gasteiger partial charge in [0.05, 0.1) is 23.2 Å². The van der Waals surface area contributed by atoms with Crippen molar-refractivity contribution in [3.8, 4) is 0 Å². The predicted molar refractivity (Wildman–Crippen MR) is 92.7 cm³/mol. The number of pyridine rings is 1. The van der Waals surface area contributed by atoms with Crippen molar-refractivity contribution in [2.75, 3.05) is 0 Å². The van der Waals surface area contributed by atoms with Gasteiger partial charge in [0.15, 0.2) is 5.78 Å². The van der Waals surface area contributed by atoms with Crippen molar-refractivity contribution < 1.29 is 9.90 Å². The fourth-order valence-corrected chi connectivity index (χ4v) is 3.56. The number of nitrogens with zero attached hydrogens (tertiary/aromatic N) is 1. The fourth-order valence-electron chi connectivity index (χ4n) is 3.20. The van der Waals surface area contributed by atoms with E-state index in [1.807, 2.05) is 43.3 Å². The van der Waals surface area contributed by atoms with E-state index in [9.17, 15) is 9.90 Å². The average Bonchev–Trinajstić information content (AvgIpc) is 2.77. The molecule has 1 aliphatic rings. The lowest BCUT2D eigenvalue weighted by Gasteiger charge is -2.14. The van der Waals surface area contributed by atoms with Gasteiger partial charge < -0.3 is 5.11 Å². The second-order valence-corrected chi connectivity index (χ2v) is 6.87. The van der Waals surface area contributed by atoms with Gasteiger partial charge in [-0.2, -0.15) is 0 Å². The Hall–Kier alpha value is -2.04. The Kier molecular flexibility index (Phi) is 3.32. The van der Waals surface area contributed by atoms with Crippen LogP contribution in [-0.4, -0.2) is 15.9 Å². The zero-order chi connectivity index (χ0) is 16.1. The van der Waals surface area contributed by atoms with Crippen molar-refractivity contribution in [2.45, 2.75) is 18.9 Å². The van der Waals surface area contributed by atoms with Gasteiger partial charge in [0.1, 0.15) is 0 Å². The summed E-state index contributed by atoms with van der Waals surface area (Å²) in [6.45, 7) is 2.01. The Morgan fingerprint density at radius 3 is 2.70 bits per heavy atom. The van der Waals surface area contributed by atoms with Crippen molar-refractivity contribution in [1.82, 2.24) is 4.98 Å². The minimum atomic E-state index is -0.847. The van der Waals surface area contributed by atoms with E-state index < -0.39 is 12.0 Å². The van der Waals surface area contributed by atoms with Gasteiger partial charge in [0.25, 0.3) is 0 Å². The van der Waals surface area contributed by atoms with E-state index in [1.165, 1.54) is 0 Å². The highest BCUT2D eigenvalue weighted by Gasteiger charge is 2.40. The first-order valence-corrected chi connectivity index (χ1v) is 8.23. The summed E-state index contributed by atoms with van der Waals surface area (Å²) >= 11 is 3.38. The molecule has 0 fully saturated rings. The molecule has 0 radical (unpaired) electrons. The topological polar surface area (TPSA) is 50.2 Å². The highest BCUT2D eigenvalue weighted by atomic mass is 79.9. The van der Waals surface area contributed by atoms with E-state index in [4.69, 9.17) is 0 Å². The number of aryl methyl sites for hydroxylation is 1. The summed E-state index contributed by atoms with van der Waals surface area (Å²) < 4.78 is 0.833. The molecule has 1 aromatic heterocycles. The lowest BCUT2D eigenvalue weighted by molar-refractivity contribution is 0.0868. The lowest BCUT2D eigenvalue weighted by atomic mass is 9.97. The van der Waals surface area contributed by atoms with Crippen molar-refractivity contribution in [1.29, 1.82) is 0 Å². The molecule has 114 valence electrons. The molecule has 1 aliphatic carbocycles. The number of hydrogen-bond donors (Lipinski definition) is 1. The Balaban J connectivity index is 1.84. The van der Waals surface area contributed by atoms with Gasteiger partial charge in [0.2, 0.25) is 0 Å². The largest absolute Gasteiger partial charge is 0.387 e. The lowest BCUT2D eigenvalue weighted by Crippen LogP contribution is -2.13. The van der Waals surface area contributed by atoms with Crippen LogP contribution < -0.4 is 0 Å². The van der Waals surface area contributed by atoms with Crippen LogP contribution in [0.1, 0.15) is 39.2 Å². The van der Waals surface area contributed by atoms with Crippen LogP contribution in [0.3, 0.4) is 0 Å². The SMILES string of the molecule is Cc1ccc2ccc(C3C(=O)c4cc(Br)ccc4C3O)nc2c1. The first-order valence-electron chi connectivity index (χ1n) is 7.43. The summed E-state index contributed by atoms with van der Waals surface area (Å²) in [4.78, 5) is 17.4. The monoisotopic (exact) mass is 367 g/mol. The Morgan fingerprint density at radius 1 is 1.09 bits per heavy atom. The summed E-state index contributed by atoms with van der Waals surface area (Å²) in [5, 5.41) is 11.6. The second-order valence-electron chi connectivity index (χ2n) is 5.95. The van der Waals surface area contributed by atoms with Crippen LogP contribution >= 0.6 is 15.9 Å². The first kappa shape index (κ1) is 14.5. The van der Waals surface area contributed by atoms with Gasteiger partial charge in [0, 0.05) is 15.4 Å². The third kappa shape index (κ3) is 2.30. The number of aromatic nitrogens is 1. The van der Waals surface area contributed by atoms with E-state index in [0.29, 0.717) is 16.8 Å². The maximum Gasteiger partial charge on any atom is 0.175 e. The molecule has 23 heavy (non-hydrogen) atoms. The van der Waals surface area contributed by atoms with E-state index in [-0.39, 0.29) is 5.78 Å². The maximum atomic E-state index is 12.7. The van der Waals surface area contributed by atoms with Crippen LogP contribution in [0.2, 0.25) is 0 Å². The van der Waals surface area contributed by atoms with E-state index >= 15 is 0 Å². The molecule has 0 spiro atoms. The number of fused-ring (bicyclic) bond motifs is 2. The third-order valence-electron chi connectivity index (χ3n) is 4.39. The Morgan fingerprint density at radius 2 is 1.87 bits per heavy atom. The van der Waals surface area contributed by atoms with Crippen molar-refractivity contribution in [2.24, 2.45) is 0 Å². The number of benzene rings is 2. The van der Waals surface area contributed by atoms with Crippen LogP contribution in [-0.2, 0) is 0 Å². The van der Waals surface area contributed by atoms with E-state index in [2.05, 4.69) is 20.9 Å². The van der Waals surface area contributed by atoms with Gasteiger partial charge in [-0.15, -0.1) is 0 Å². The number of halogens is 1. The molecule has 1 N–H and O–H groups in total. The van der Waals surface area contributed by atoms with Gasteiger partial charge in [-0.1, -0.05) is 40.2 Å². The average molecular weight is 368 g/mol. The normalized spacial score (nSPS) is 20.0. The number of Topliss-reactive ketones (excluding diaryl/α,β-unsaturated/α-hetero) is 1. The Bertz CT molecular complexity index is 951. The minimum absolute atomic E-state index is 0.0756. The van der Waals surface area contributed by atoms with Crippen LogP contribution in [0.15, 0.2) is 53.0 Å². The molecule has 3 nitrogen and oxygen atoms in total. The minimum Gasteiger partial charge on any atom is -0.387 e. The predicted octanol–water partition coefficient (Wildman–Crippen LogP) is 4.32. The highest BCUT2D eigenvalue weighted by Crippen LogP contribution is 2.42. The summed E-state index contributed by atoms with van der Waals surface area (Å²) in [7, 11) is 0. The third-order valence-corrected chi connectivity index (χ3v) is 4.88. The number of carbonyl (C=O) groups is 1. The quantitative estimate of drug-likeness (QED) is 0.696. The van der Waals surface area contributed by atoms with Gasteiger partial charge in [-0.3, -0.25) is 9.78 Å². The van der Waals surface area contributed by atoms with Gasteiger partial charge in [-0.05, 0) is 42.3 Å². The summed E-state index contributed by atoms with van der Waals surface area (Å²) in [5.74, 6) is -0.711. The van der Waals surface area contributed by atoms with Gasteiger partial charge in [-0.25, -0.2) is 0 Å². The molecule has 2 unspecified atom stereocenters. The van der Waals surface area contributed by atoms with E-state index in [0.717, 1.165) is 20.9 Å². The zero-order valence-electron chi connectivity index (χ0n) is 12.5. The summed E-state index contributed by atoms with van der Waals surface area (Å²) in [6, 6.07) is 15.2. The molecule has 2 aromatic carbocycles.